The molecule has 6 heterocycles. The predicted octanol–water partition coefficient (Wildman–Crippen LogP) is 1.51. The van der Waals surface area contributed by atoms with Crippen LogP contribution in [0.15, 0.2) is 54.7 Å². The number of H-pyrrole nitrogens is 1. The van der Waals surface area contributed by atoms with E-state index in [4.69, 9.17) is 5.73 Å². The number of rotatable bonds is 12. The summed E-state index contributed by atoms with van der Waals surface area (Å²) < 4.78 is 0. The number of aromatic nitrogens is 1. The van der Waals surface area contributed by atoms with E-state index in [2.05, 4.69) is 10.3 Å². The fraction of sp³-hybridized carbons (Fsp3) is 0.533. The van der Waals surface area contributed by atoms with Crippen LogP contribution in [-0.4, -0.2) is 156 Å². The molecule has 8 rings (SSSR count). The van der Waals surface area contributed by atoms with Crippen molar-refractivity contribution in [2.45, 2.75) is 119 Å². The summed E-state index contributed by atoms with van der Waals surface area (Å²) in [4.78, 5) is 108. The van der Waals surface area contributed by atoms with Gasteiger partial charge in [-0.25, -0.2) is 4.79 Å². The maximum Gasteiger partial charge on any atom is 0.326 e. The van der Waals surface area contributed by atoms with Crippen molar-refractivity contribution in [2.24, 2.45) is 5.73 Å². The van der Waals surface area contributed by atoms with E-state index in [1.807, 2.05) is 24.3 Å². The van der Waals surface area contributed by atoms with Crippen LogP contribution in [0.2, 0.25) is 0 Å². The number of benzene rings is 2. The van der Waals surface area contributed by atoms with Gasteiger partial charge in [-0.05, 0) is 100.0 Å². The second-order valence-corrected chi connectivity index (χ2v) is 17.4. The Morgan fingerprint density at radius 1 is 0.629 bits per heavy atom. The number of carbonyl (C=O) groups excluding carboxylic acids is 6. The first-order chi connectivity index (χ1) is 29.9. The van der Waals surface area contributed by atoms with Gasteiger partial charge >= 0.3 is 5.97 Å². The first kappa shape index (κ1) is 42.7. The lowest BCUT2D eigenvalue weighted by Gasteiger charge is -2.36. The molecule has 3 aromatic rings. The smallest absolute Gasteiger partial charge is 0.326 e. The largest absolute Gasteiger partial charge is 0.508 e. The van der Waals surface area contributed by atoms with Crippen molar-refractivity contribution in [2.75, 3.05) is 32.7 Å². The number of carboxylic acids is 1. The van der Waals surface area contributed by atoms with Crippen molar-refractivity contribution >= 4 is 52.3 Å². The van der Waals surface area contributed by atoms with E-state index in [0.717, 1.165) is 22.0 Å². The van der Waals surface area contributed by atoms with E-state index in [-0.39, 0.29) is 48.1 Å². The number of fused-ring (bicyclic) bond motifs is 1. The zero-order valence-corrected chi connectivity index (χ0v) is 34.8. The molecule has 5 fully saturated rings. The molecule has 0 bridgehead atoms. The minimum atomic E-state index is -1.22. The van der Waals surface area contributed by atoms with Gasteiger partial charge in [0.15, 0.2) is 0 Å². The maximum absolute atomic E-state index is 14.4. The molecule has 0 unspecified atom stereocenters. The van der Waals surface area contributed by atoms with Crippen molar-refractivity contribution in [3.8, 4) is 5.75 Å². The van der Waals surface area contributed by atoms with Gasteiger partial charge in [0.25, 0.3) is 0 Å². The molecule has 0 saturated carbocycles. The van der Waals surface area contributed by atoms with Crippen molar-refractivity contribution in [1.29, 1.82) is 0 Å². The number of aliphatic carboxylic acids is 1. The highest BCUT2D eigenvalue weighted by molar-refractivity contribution is 5.98. The number of amides is 6. The van der Waals surface area contributed by atoms with Gasteiger partial charge in [0.1, 0.15) is 42.0 Å². The highest BCUT2D eigenvalue weighted by atomic mass is 16.4. The number of carbonyl (C=O) groups is 7. The van der Waals surface area contributed by atoms with Gasteiger partial charge in [-0.3, -0.25) is 28.8 Å². The van der Waals surface area contributed by atoms with Crippen molar-refractivity contribution in [3.05, 3.63) is 65.9 Å². The van der Waals surface area contributed by atoms with E-state index in [0.29, 0.717) is 96.9 Å². The quantitative estimate of drug-likeness (QED) is 0.176. The van der Waals surface area contributed by atoms with E-state index in [1.54, 1.807) is 33.0 Å². The molecular weight excluding hydrogens is 797 g/mol. The Morgan fingerprint density at radius 3 is 1.60 bits per heavy atom. The summed E-state index contributed by atoms with van der Waals surface area (Å²) in [5, 5.41) is 23.3. The number of hydrogen-bond donors (Lipinski definition) is 5. The van der Waals surface area contributed by atoms with Gasteiger partial charge in [-0.1, -0.05) is 30.3 Å². The number of nitrogens with two attached hydrogens (primary N) is 1. The minimum Gasteiger partial charge on any atom is -0.508 e. The van der Waals surface area contributed by atoms with E-state index < -0.39 is 54.2 Å². The molecule has 6 N–H and O–H groups in total. The number of aromatic amines is 1. The molecule has 2 aromatic carbocycles. The van der Waals surface area contributed by atoms with Crippen LogP contribution in [0.25, 0.3) is 10.9 Å². The summed E-state index contributed by atoms with van der Waals surface area (Å²) in [5.41, 5.74) is 8.73. The first-order valence-corrected chi connectivity index (χ1v) is 22.0. The summed E-state index contributed by atoms with van der Waals surface area (Å²) in [7, 11) is 0. The van der Waals surface area contributed by atoms with Crippen LogP contribution in [0.1, 0.15) is 75.3 Å². The molecule has 6 amide bonds. The average molecular weight is 853 g/mol. The topological polar surface area (TPSA) is 230 Å². The molecule has 1 aromatic heterocycles. The Balaban J connectivity index is 0.898. The number of phenolic OH excluding ortho intramolecular Hbond substituents is 1. The Hall–Kier alpha value is -5.97. The molecule has 5 aliphatic heterocycles. The lowest BCUT2D eigenvalue weighted by molar-refractivity contribution is -0.154. The van der Waals surface area contributed by atoms with Crippen LogP contribution in [0.4, 0.5) is 0 Å². The van der Waals surface area contributed by atoms with Gasteiger partial charge in [-0.15, -0.1) is 0 Å². The summed E-state index contributed by atoms with van der Waals surface area (Å²) in [6.45, 7) is 1.67. The van der Waals surface area contributed by atoms with Gasteiger partial charge in [-0.2, -0.15) is 0 Å². The van der Waals surface area contributed by atoms with Crippen LogP contribution in [-0.2, 0) is 46.4 Å². The van der Waals surface area contributed by atoms with Crippen LogP contribution in [0, 0.1) is 0 Å². The lowest BCUT2D eigenvalue weighted by atomic mass is 10.0. The standard InChI is InChI=1S/C45H56N8O9/c46-31(24-27-15-17-29(54)18-16-27)40(56)50-20-4-11-35(50)42(58)52-22-6-13-37(52)44(60)53-23-7-14-38(53)43(59)51-21-5-12-36(51)41(57)49-19-3-10-34(49)39(55)48-33(45(61)62)25-28-26-47-32-9-2-1-8-30(28)32/h1-2,8-9,15-18,26,31,33-38,47,54H,3-7,10-14,19-25,46H2,(H,48,55)(H,61,62)/t31-,33-,34-,35-,36-,37-,38-/m0/s1. The minimum absolute atomic E-state index is 0.0521. The highest BCUT2D eigenvalue weighted by Crippen LogP contribution is 2.32. The highest BCUT2D eigenvalue weighted by Gasteiger charge is 2.49. The number of likely N-dealkylation sites (tertiary alicyclic amines) is 5. The third kappa shape index (κ3) is 8.46. The van der Waals surface area contributed by atoms with Gasteiger partial charge in [0.2, 0.25) is 35.4 Å². The molecule has 17 heteroatoms. The van der Waals surface area contributed by atoms with Crippen molar-refractivity contribution in [3.63, 3.8) is 0 Å². The summed E-state index contributed by atoms with van der Waals surface area (Å²) in [5.74, 6) is -3.28. The van der Waals surface area contributed by atoms with Crippen LogP contribution in [0.5, 0.6) is 5.75 Å². The number of hydrogen-bond acceptors (Lipinski definition) is 9. The van der Waals surface area contributed by atoms with E-state index in [1.165, 1.54) is 21.9 Å². The number of nitrogens with one attached hydrogen (secondary N) is 2. The molecule has 0 radical (unpaired) electrons. The zero-order valence-electron chi connectivity index (χ0n) is 34.8. The normalized spacial score (nSPS) is 24.8. The third-order valence-electron chi connectivity index (χ3n) is 13.5. The number of aromatic hydroxyl groups is 1. The third-order valence-corrected chi connectivity index (χ3v) is 13.5. The molecule has 7 atom stereocenters. The van der Waals surface area contributed by atoms with Crippen LogP contribution in [0.3, 0.4) is 0 Å². The summed E-state index contributed by atoms with van der Waals surface area (Å²) in [6, 6.07) is 7.79. The van der Waals surface area contributed by atoms with Crippen molar-refractivity contribution < 1.29 is 43.8 Å². The summed E-state index contributed by atoms with van der Waals surface area (Å²) in [6.07, 6.45) is 6.99. The molecule has 0 aliphatic carbocycles. The number of carboxylic acid groups (broad SMARTS) is 1. The predicted molar refractivity (Wildman–Crippen MR) is 225 cm³/mol. The molecular formula is C45H56N8O9. The monoisotopic (exact) mass is 852 g/mol. The molecule has 5 aliphatic rings. The molecule has 17 nitrogen and oxygen atoms in total. The van der Waals surface area contributed by atoms with E-state index in [9.17, 15) is 43.8 Å². The van der Waals surface area contributed by atoms with Gasteiger partial charge in [0, 0.05) is 56.2 Å². The lowest BCUT2D eigenvalue weighted by Crippen LogP contribution is -2.58. The Labute approximate surface area is 359 Å². The molecule has 0 spiro atoms. The van der Waals surface area contributed by atoms with E-state index >= 15 is 0 Å². The second-order valence-electron chi connectivity index (χ2n) is 17.4. The molecule has 62 heavy (non-hydrogen) atoms. The second kappa shape index (κ2) is 18.2. The van der Waals surface area contributed by atoms with Gasteiger partial charge in [0.05, 0.1) is 6.04 Å². The molecule has 5 saturated heterocycles. The van der Waals surface area contributed by atoms with Crippen molar-refractivity contribution in [1.82, 2.24) is 34.8 Å². The number of nitrogens with zero attached hydrogens (tertiary/aromatic N) is 5. The molecule has 330 valence electrons. The Kier molecular flexibility index (Phi) is 12.5. The fourth-order valence-corrected chi connectivity index (χ4v) is 10.4. The fourth-order valence-electron chi connectivity index (χ4n) is 10.4. The van der Waals surface area contributed by atoms with Gasteiger partial charge < -0.3 is 50.7 Å². The summed E-state index contributed by atoms with van der Waals surface area (Å²) >= 11 is 0. The van der Waals surface area contributed by atoms with Crippen LogP contribution < -0.4 is 11.1 Å². The Morgan fingerprint density at radius 2 is 1.08 bits per heavy atom. The number of phenols is 1. The maximum atomic E-state index is 14.4. The van der Waals surface area contributed by atoms with Crippen LogP contribution >= 0.6 is 0 Å². The zero-order chi connectivity index (χ0) is 43.7. The average Bonchev–Trinajstić information content (AvgIpc) is 4.14. The Bertz CT molecular complexity index is 2210. The SMILES string of the molecule is N[C@@H](Cc1ccc(O)cc1)C(=O)N1CCC[C@H]1C(=O)N1CCC[C@H]1C(=O)N1CCC[C@H]1C(=O)N1CCC[C@H]1C(=O)N1CCC[C@H]1C(=O)N[C@@H](Cc1c[nH]c2ccccc12)C(=O)O. The number of para-hydroxylation sites is 1. The first-order valence-electron chi connectivity index (χ1n) is 22.0.